The largest absolute Gasteiger partial charge is 0.378 e. The van der Waals surface area contributed by atoms with Crippen molar-refractivity contribution in [2.45, 2.75) is 13.3 Å². The van der Waals surface area contributed by atoms with Crippen LogP contribution in [0.25, 0.3) is 6.08 Å². The summed E-state index contributed by atoms with van der Waals surface area (Å²) >= 11 is 5.26. The first-order valence-corrected chi connectivity index (χ1v) is 10.4. The molecule has 0 bridgehead atoms. The Hall–Kier alpha value is -3.03. The van der Waals surface area contributed by atoms with Gasteiger partial charge >= 0.3 is 0 Å². The molecule has 2 amide bonds. The Balaban J connectivity index is 1.58. The number of amides is 2. The number of thiocarbonyl (C=S) groups is 1. The molecule has 1 N–H and O–H groups in total. The predicted molar refractivity (Wildman–Crippen MR) is 121 cm³/mol. The van der Waals surface area contributed by atoms with Crippen molar-refractivity contribution in [1.29, 1.82) is 0 Å². The van der Waals surface area contributed by atoms with Gasteiger partial charge in [0.2, 0.25) is 0 Å². The fourth-order valence-electron chi connectivity index (χ4n) is 3.54. The summed E-state index contributed by atoms with van der Waals surface area (Å²) in [4.78, 5) is 29.2. The van der Waals surface area contributed by atoms with Crippen molar-refractivity contribution in [3.63, 3.8) is 0 Å². The van der Waals surface area contributed by atoms with Crippen molar-refractivity contribution < 1.29 is 14.3 Å². The molecule has 0 unspecified atom stereocenters. The van der Waals surface area contributed by atoms with Gasteiger partial charge < -0.3 is 9.64 Å². The van der Waals surface area contributed by atoms with Gasteiger partial charge in [-0.25, -0.2) is 0 Å². The van der Waals surface area contributed by atoms with Gasteiger partial charge in [0.05, 0.1) is 18.9 Å². The Kier molecular flexibility index (Phi) is 5.92. The highest BCUT2D eigenvalue weighted by atomic mass is 32.1. The summed E-state index contributed by atoms with van der Waals surface area (Å²) in [6.45, 7) is 5.21. The maximum Gasteiger partial charge on any atom is 0.270 e. The van der Waals surface area contributed by atoms with Crippen LogP contribution in [0.5, 0.6) is 0 Å². The van der Waals surface area contributed by atoms with Crippen LogP contribution >= 0.6 is 12.2 Å². The number of carbonyl (C=O) groups is 2. The standard InChI is InChI=1S/C23H23N3O3S/c1-2-16-3-9-19(10-4-16)26-22(28)20(21(27)24-23(26)30)15-17-5-7-18(8-6-17)25-11-13-29-14-12-25/h3-10,15H,2,11-14H2,1H3,(H,24,27,30)/b20-15+. The lowest BCUT2D eigenvalue weighted by atomic mass is 10.1. The molecule has 7 heteroatoms. The minimum absolute atomic E-state index is 0.0577. The fourth-order valence-corrected chi connectivity index (χ4v) is 3.82. The molecule has 2 aromatic rings. The quantitative estimate of drug-likeness (QED) is 0.467. The highest BCUT2D eigenvalue weighted by Crippen LogP contribution is 2.24. The Morgan fingerprint density at radius 1 is 1.00 bits per heavy atom. The van der Waals surface area contributed by atoms with Crippen LogP contribution in [0.4, 0.5) is 11.4 Å². The van der Waals surface area contributed by atoms with E-state index in [9.17, 15) is 9.59 Å². The Morgan fingerprint density at radius 2 is 1.63 bits per heavy atom. The van der Waals surface area contributed by atoms with Crippen molar-refractivity contribution in [1.82, 2.24) is 5.32 Å². The van der Waals surface area contributed by atoms with Crippen molar-refractivity contribution >= 4 is 46.6 Å². The van der Waals surface area contributed by atoms with Gasteiger partial charge in [-0.1, -0.05) is 31.2 Å². The number of morpholine rings is 1. The molecule has 2 aliphatic heterocycles. The van der Waals surface area contributed by atoms with Crippen LogP contribution in [0.3, 0.4) is 0 Å². The fraction of sp³-hybridized carbons (Fsp3) is 0.261. The zero-order valence-corrected chi connectivity index (χ0v) is 17.6. The van der Waals surface area contributed by atoms with Crippen LogP contribution in [-0.2, 0) is 20.7 Å². The first-order valence-electron chi connectivity index (χ1n) is 10.00. The zero-order valence-electron chi connectivity index (χ0n) is 16.8. The number of carbonyl (C=O) groups excluding carboxylic acids is 2. The molecule has 0 radical (unpaired) electrons. The molecule has 4 rings (SSSR count). The van der Waals surface area contributed by atoms with Gasteiger partial charge in [0.25, 0.3) is 11.8 Å². The predicted octanol–water partition coefficient (Wildman–Crippen LogP) is 2.92. The van der Waals surface area contributed by atoms with Crippen molar-refractivity contribution in [3.8, 4) is 0 Å². The second-order valence-corrected chi connectivity index (χ2v) is 7.56. The van der Waals surface area contributed by atoms with Crippen LogP contribution in [0.1, 0.15) is 18.1 Å². The van der Waals surface area contributed by atoms with E-state index in [1.165, 1.54) is 4.90 Å². The van der Waals surface area contributed by atoms with E-state index in [4.69, 9.17) is 17.0 Å². The number of rotatable bonds is 4. The van der Waals surface area contributed by atoms with Crippen LogP contribution in [0.15, 0.2) is 54.1 Å². The van der Waals surface area contributed by atoms with E-state index in [-0.39, 0.29) is 10.7 Å². The zero-order chi connectivity index (χ0) is 21.1. The molecule has 2 aromatic carbocycles. The first-order chi connectivity index (χ1) is 14.6. The molecule has 2 saturated heterocycles. The molecule has 2 heterocycles. The summed E-state index contributed by atoms with van der Waals surface area (Å²) in [7, 11) is 0. The minimum Gasteiger partial charge on any atom is -0.378 e. The third-order valence-corrected chi connectivity index (χ3v) is 5.57. The molecule has 154 valence electrons. The summed E-state index contributed by atoms with van der Waals surface area (Å²) in [5, 5.41) is 2.72. The molecular weight excluding hydrogens is 398 g/mol. The molecule has 6 nitrogen and oxygen atoms in total. The average molecular weight is 422 g/mol. The van der Waals surface area contributed by atoms with E-state index in [1.54, 1.807) is 6.08 Å². The molecule has 30 heavy (non-hydrogen) atoms. The number of nitrogens with one attached hydrogen (secondary N) is 1. The maximum absolute atomic E-state index is 13.1. The lowest BCUT2D eigenvalue weighted by Gasteiger charge is -2.29. The molecule has 0 aromatic heterocycles. The second-order valence-electron chi connectivity index (χ2n) is 7.17. The summed E-state index contributed by atoms with van der Waals surface area (Å²) in [5.74, 6) is -0.908. The Bertz CT molecular complexity index is 993. The van der Waals surface area contributed by atoms with Gasteiger partial charge in [-0.15, -0.1) is 0 Å². The minimum atomic E-state index is -0.483. The van der Waals surface area contributed by atoms with Gasteiger partial charge in [0, 0.05) is 18.8 Å². The normalized spacial score (nSPS) is 18.7. The SMILES string of the molecule is CCc1ccc(N2C(=O)/C(=C/c3ccc(N4CCOCC4)cc3)C(=O)NC2=S)cc1. The second kappa shape index (κ2) is 8.77. The lowest BCUT2D eigenvalue weighted by Crippen LogP contribution is -2.54. The Labute approximate surface area is 181 Å². The van der Waals surface area contributed by atoms with Gasteiger partial charge in [-0.3, -0.25) is 19.8 Å². The van der Waals surface area contributed by atoms with E-state index in [0.717, 1.165) is 49.5 Å². The van der Waals surface area contributed by atoms with Crippen molar-refractivity contribution in [2.24, 2.45) is 0 Å². The van der Waals surface area contributed by atoms with Crippen molar-refractivity contribution in [3.05, 3.63) is 65.2 Å². The van der Waals surface area contributed by atoms with Crippen LogP contribution < -0.4 is 15.1 Å². The van der Waals surface area contributed by atoms with E-state index >= 15 is 0 Å². The highest BCUT2D eigenvalue weighted by molar-refractivity contribution is 7.80. The van der Waals surface area contributed by atoms with Gasteiger partial charge in [-0.2, -0.15) is 0 Å². The summed E-state index contributed by atoms with van der Waals surface area (Å²) in [6.07, 6.45) is 2.51. The van der Waals surface area contributed by atoms with Gasteiger partial charge in [-0.05, 0) is 60.1 Å². The topological polar surface area (TPSA) is 61.9 Å². The number of hydrogen-bond donors (Lipinski definition) is 1. The van der Waals surface area contributed by atoms with Crippen LogP contribution in [0, 0.1) is 0 Å². The van der Waals surface area contributed by atoms with Crippen LogP contribution in [-0.4, -0.2) is 43.2 Å². The third-order valence-electron chi connectivity index (χ3n) is 5.28. The smallest absolute Gasteiger partial charge is 0.270 e. The third kappa shape index (κ3) is 4.13. The van der Waals surface area contributed by atoms with E-state index < -0.39 is 11.8 Å². The molecule has 0 spiro atoms. The number of nitrogens with zero attached hydrogens (tertiary/aromatic N) is 2. The molecule has 2 aliphatic rings. The van der Waals surface area contributed by atoms with E-state index in [1.807, 2.05) is 48.5 Å². The number of benzene rings is 2. The van der Waals surface area contributed by atoms with Crippen molar-refractivity contribution in [2.75, 3.05) is 36.1 Å². The molecular formula is C23H23N3O3S. The number of aryl methyl sites for hydroxylation is 1. The highest BCUT2D eigenvalue weighted by Gasteiger charge is 2.34. The molecule has 0 saturated carbocycles. The van der Waals surface area contributed by atoms with E-state index in [2.05, 4.69) is 17.1 Å². The molecule has 0 aliphatic carbocycles. The van der Waals surface area contributed by atoms with Gasteiger partial charge in [0.15, 0.2) is 5.11 Å². The summed E-state index contributed by atoms with van der Waals surface area (Å²) in [5.41, 5.74) is 3.73. The summed E-state index contributed by atoms with van der Waals surface area (Å²) < 4.78 is 5.39. The van der Waals surface area contributed by atoms with E-state index in [0.29, 0.717) is 5.69 Å². The first kappa shape index (κ1) is 20.3. The Morgan fingerprint density at radius 3 is 2.27 bits per heavy atom. The lowest BCUT2D eigenvalue weighted by molar-refractivity contribution is -0.122. The average Bonchev–Trinajstić information content (AvgIpc) is 2.78. The summed E-state index contributed by atoms with van der Waals surface area (Å²) in [6, 6.07) is 15.4. The number of ether oxygens (including phenoxy) is 1. The number of hydrogen-bond acceptors (Lipinski definition) is 5. The molecule has 2 fully saturated rings. The van der Waals surface area contributed by atoms with Crippen LogP contribution in [0.2, 0.25) is 0 Å². The monoisotopic (exact) mass is 421 g/mol. The van der Waals surface area contributed by atoms with Gasteiger partial charge in [0.1, 0.15) is 5.57 Å². The maximum atomic E-state index is 13.1. The number of anilines is 2. The molecule has 0 atom stereocenters.